The second-order valence-electron chi connectivity index (χ2n) is 7.67. The number of methoxy groups -OCH3 is 2. The van der Waals surface area contributed by atoms with E-state index < -0.39 is 17.7 Å². The van der Waals surface area contributed by atoms with Gasteiger partial charge in [-0.2, -0.15) is 0 Å². The molecule has 7 heteroatoms. The number of benzene rings is 2. The molecule has 1 fully saturated rings. The Morgan fingerprint density at radius 3 is 2.31 bits per heavy atom. The summed E-state index contributed by atoms with van der Waals surface area (Å²) in [5.41, 5.74) is 1.13. The summed E-state index contributed by atoms with van der Waals surface area (Å²) in [6, 6.07) is 13.3. The smallest absolute Gasteiger partial charge is 0.295 e. The van der Waals surface area contributed by atoms with Crippen molar-refractivity contribution >= 4 is 17.4 Å². The highest BCUT2D eigenvalue weighted by molar-refractivity contribution is 6.46. The first-order chi connectivity index (χ1) is 15.5. The maximum absolute atomic E-state index is 13.2. The zero-order valence-corrected chi connectivity index (χ0v) is 19.1. The molecule has 1 aliphatic heterocycles. The van der Waals surface area contributed by atoms with Gasteiger partial charge in [-0.05, 0) is 32.0 Å². The van der Waals surface area contributed by atoms with Crippen LogP contribution >= 0.6 is 0 Å². The monoisotopic (exact) mass is 439 g/mol. The minimum Gasteiger partial charge on any atom is -0.507 e. The molecule has 1 heterocycles. The number of hydrogen-bond donors (Lipinski definition) is 2. The Labute approximate surface area is 188 Å². The van der Waals surface area contributed by atoms with Crippen molar-refractivity contribution in [3.8, 4) is 11.5 Å². The molecule has 2 N–H and O–H groups in total. The number of rotatable bonds is 9. The predicted octanol–water partition coefficient (Wildman–Crippen LogP) is 2.05. The molecule has 0 aliphatic carbocycles. The van der Waals surface area contributed by atoms with Crippen molar-refractivity contribution in [3.05, 3.63) is 65.2 Å². The average molecular weight is 440 g/mol. The van der Waals surface area contributed by atoms with Crippen LogP contribution in [0.3, 0.4) is 0 Å². The van der Waals surface area contributed by atoms with Gasteiger partial charge in [0.25, 0.3) is 11.7 Å². The van der Waals surface area contributed by atoms with Gasteiger partial charge in [0.15, 0.2) is 0 Å². The lowest BCUT2D eigenvalue weighted by molar-refractivity contribution is -0.895. The highest BCUT2D eigenvalue weighted by Crippen LogP contribution is 2.43. The summed E-state index contributed by atoms with van der Waals surface area (Å²) >= 11 is 0. The lowest BCUT2D eigenvalue weighted by Gasteiger charge is -2.28. The molecule has 0 spiro atoms. The van der Waals surface area contributed by atoms with Crippen LogP contribution in [0.25, 0.3) is 5.76 Å². The van der Waals surface area contributed by atoms with E-state index in [1.807, 2.05) is 6.07 Å². The van der Waals surface area contributed by atoms with Gasteiger partial charge < -0.3 is 24.4 Å². The zero-order valence-electron chi connectivity index (χ0n) is 19.1. The molecule has 0 aromatic heterocycles. The van der Waals surface area contributed by atoms with E-state index in [-0.39, 0.29) is 11.3 Å². The van der Waals surface area contributed by atoms with Crippen LogP contribution in [0.1, 0.15) is 31.0 Å². The normalized spacial score (nSPS) is 17.8. The van der Waals surface area contributed by atoms with Crippen LogP contribution < -0.4 is 14.4 Å². The molecule has 1 atom stereocenters. The predicted molar refractivity (Wildman–Crippen MR) is 122 cm³/mol. The molecule has 2 aromatic carbocycles. The lowest BCUT2D eigenvalue weighted by Crippen LogP contribution is -3.12. The molecule has 7 nitrogen and oxygen atoms in total. The second kappa shape index (κ2) is 10.3. The molecule has 170 valence electrons. The minimum absolute atomic E-state index is 0.0577. The summed E-state index contributed by atoms with van der Waals surface area (Å²) in [4.78, 5) is 29.1. The van der Waals surface area contributed by atoms with Crippen LogP contribution in [0.5, 0.6) is 11.5 Å². The number of hydrogen-bond acceptors (Lipinski definition) is 5. The second-order valence-corrected chi connectivity index (χ2v) is 7.67. The van der Waals surface area contributed by atoms with Gasteiger partial charge in [-0.1, -0.05) is 30.3 Å². The van der Waals surface area contributed by atoms with E-state index in [9.17, 15) is 14.7 Å². The van der Waals surface area contributed by atoms with E-state index in [0.29, 0.717) is 35.7 Å². The molecule has 0 radical (unpaired) electrons. The number of ether oxygens (including phenoxy) is 2. The number of carbonyl (C=O) groups excluding carboxylic acids is 2. The lowest BCUT2D eigenvalue weighted by atomic mass is 9.94. The van der Waals surface area contributed by atoms with E-state index in [4.69, 9.17) is 9.47 Å². The quantitative estimate of drug-likeness (QED) is 0.355. The first kappa shape index (κ1) is 23.3. The third-order valence-electron chi connectivity index (χ3n) is 6.02. The number of Topliss-reactive ketones (excluding diaryl/α,β-unsaturated/α-hetero) is 1. The van der Waals surface area contributed by atoms with Gasteiger partial charge in [0, 0.05) is 11.1 Å². The van der Waals surface area contributed by atoms with Crippen LogP contribution in [0.2, 0.25) is 0 Å². The van der Waals surface area contributed by atoms with Crippen molar-refractivity contribution in [2.75, 3.05) is 40.4 Å². The number of carbonyl (C=O) groups is 2. The number of ketones is 1. The van der Waals surface area contributed by atoms with Crippen molar-refractivity contribution in [3.63, 3.8) is 0 Å². The van der Waals surface area contributed by atoms with Gasteiger partial charge >= 0.3 is 0 Å². The van der Waals surface area contributed by atoms with E-state index >= 15 is 0 Å². The molecule has 2 aromatic rings. The standard InChI is InChI=1S/C25H30N2O5/c1-5-26(6-2)14-15-27-22(19-16-18(31-3)12-13-20(19)32-4)21(24(29)25(27)30)23(28)17-10-8-7-9-11-17/h7-13,16,22,28H,5-6,14-15H2,1-4H3/p+1. The molecule has 1 unspecified atom stereocenters. The number of amides is 1. The number of quaternary nitrogens is 1. The van der Waals surface area contributed by atoms with Crippen LogP contribution in [0, 0.1) is 0 Å². The highest BCUT2D eigenvalue weighted by Gasteiger charge is 2.47. The Morgan fingerprint density at radius 1 is 1.03 bits per heavy atom. The van der Waals surface area contributed by atoms with E-state index in [0.717, 1.165) is 13.1 Å². The van der Waals surface area contributed by atoms with Crippen molar-refractivity contribution in [2.45, 2.75) is 19.9 Å². The summed E-state index contributed by atoms with van der Waals surface area (Å²) in [7, 11) is 3.09. The number of nitrogens with one attached hydrogen (secondary N) is 1. The number of aliphatic hydroxyl groups is 1. The summed E-state index contributed by atoms with van der Waals surface area (Å²) in [5, 5.41) is 11.1. The molecular weight excluding hydrogens is 408 g/mol. The Bertz CT molecular complexity index is 999. The van der Waals surface area contributed by atoms with Crippen molar-refractivity contribution in [1.82, 2.24) is 4.90 Å². The summed E-state index contributed by atoms with van der Waals surface area (Å²) in [6.07, 6.45) is 0. The van der Waals surface area contributed by atoms with Crippen LogP contribution in [-0.4, -0.2) is 62.1 Å². The van der Waals surface area contributed by atoms with E-state index in [1.165, 1.54) is 12.0 Å². The number of nitrogens with zero attached hydrogens (tertiary/aromatic N) is 1. The molecule has 0 saturated carbocycles. The number of likely N-dealkylation sites (tertiary alicyclic amines) is 1. The largest absolute Gasteiger partial charge is 0.507 e. The molecule has 32 heavy (non-hydrogen) atoms. The average Bonchev–Trinajstić information content (AvgIpc) is 3.09. The van der Waals surface area contributed by atoms with Gasteiger partial charge in [-0.15, -0.1) is 0 Å². The minimum atomic E-state index is -0.782. The maximum atomic E-state index is 13.2. The Morgan fingerprint density at radius 2 is 1.72 bits per heavy atom. The van der Waals surface area contributed by atoms with Gasteiger partial charge in [-0.3, -0.25) is 9.59 Å². The van der Waals surface area contributed by atoms with Gasteiger partial charge in [-0.25, -0.2) is 0 Å². The van der Waals surface area contributed by atoms with Gasteiger partial charge in [0.1, 0.15) is 17.3 Å². The highest BCUT2D eigenvalue weighted by atomic mass is 16.5. The Balaban J connectivity index is 2.18. The molecule has 1 aliphatic rings. The first-order valence-electron chi connectivity index (χ1n) is 10.9. The topological polar surface area (TPSA) is 80.5 Å². The van der Waals surface area contributed by atoms with Crippen molar-refractivity contribution < 1.29 is 29.1 Å². The van der Waals surface area contributed by atoms with Gasteiger partial charge in [0.2, 0.25) is 0 Å². The zero-order chi connectivity index (χ0) is 23.3. The fraction of sp³-hybridized carbons (Fsp3) is 0.360. The van der Waals surface area contributed by atoms with E-state index in [1.54, 1.807) is 54.5 Å². The Hall–Kier alpha value is -3.32. The number of likely N-dealkylation sites (N-methyl/N-ethyl adjacent to an activating group) is 1. The molecule has 3 rings (SSSR count). The molecule has 1 amide bonds. The maximum Gasteiger partial charge on any atom is 0.295 e. The number of aliphatic hydroxyl groups excluding tert-OH is 1. The SMILES string of the molecule is CC[NH+](CC)CCN1C(=O)C(=O)C(=C(O)c2ccccc2)C1c1cc(OC)ccc1OC. The van der Waals surface area contributed by atoms with Crippen molar-refractivity contribution in [2.24, 2.45) is 0 Å². The fourth-order valence-corrected chi connectivity index (χ4v) is 4.12. The first-order valence-corrected chi connectivity index (χ1v) is 10.9. The Kier molecular flexibility index (Phi) is 7.53. The summed E-state index contributed by atoms with van der Waals surface area (Å²) in [5.74, 6) is -0.437. The van der Waals surface area contributed by atoms with Crippen LogP contribution in [0.15, 0.2) is 54.1 Å². The fourth-order valence-electron chi connectivity index (χ4n) is 4.12. The van der Waals surface area contributed by atoms with Gasteiger partial charge in [0.05, 0.1) is 52.0 Å². The summed E-state index contributed by atoms with van der Waals surface area (Å²) in [6.45, 7) is 7.07. The summed E-state index contributed by atoms with van der Waals surface area (Å²) < 4.78 is 11.0. The molecular formula is C25H31N2O5+. The van der Waals surface area contributed by atoms with Crippen molar-refractivity contribution in [1.29, 1.82) is 0 Å². The van der Waals surface area contributed by atoms with Crippen LogP contribution in [0.4, 0.5) is 0 Å². The third-order valence-corrected chi connectivity index (χ3v) is 6.02. The molecule has 1 saturated heterocycles. The molecule has 0 bridgehead atoms. The van der Waals surface area contributed by atoms with E-state index in [2.05, 4.69) is 13.8 Å². The van der Waals surface area contributed by atoms with Crippen LogP contribution in [-0.2, 0) is 9.59 Å². The third kappa shape index (κ3) is 4.48.